The maximum atomic E-state index is 12.1. The van der Waals surface area contributed by atoms with Crippen LogP contribution in [0.1, 0.15) is 17.0 Å². The molecule has 3 rings (SSSR count). The van der Waals surface area contributed by atoms with E-state index < -0.39 is 0 Å². The highest BCUT2D eigenvalue weighted by Gasteiger charge is 2.09. The number of anilines is 1. The number of benzene rings is 2. The molecule has 1 amide bonds. The van der Waals surface area contributed by atoms with Crippen molar-refractivity contribution in [3.05, 3.63) is 59.4 Å². The van der Waals surface area contributed by atoms with E-state index in [1.807, 2.05) is 44.2 Å². The molecule has 2 aromatic carbocycles. The molecule has 0 aliphatic rings. The monoisotopic (exact) mass is 337 g/mol. The van der Waals surface area contributed by atoms with Crippen molar-refractivity contribution in [3.8, 4) is 17.2 Å². The van der Waals surface area contributed by atoms with Gasteiger partial charge in [-0.1, -0.05) is 17.3 Å². The summed E-state index contributed by atoms with van der Waals surface area (Å²) in [4.78, 5) is 16.2. The minimum atomic E-state index is -0.220. The number of hydrogen-bond acceptors (Lipinski definition) is 5. The molecule has 0 saturated carbocycles. The highest BCUT2D eigenvalue weighted by molar-refractivity contribution is 5.92. The first kappa shape index (κ1) is 16.7. The van der Waals surface area contributed by atoms with Gasteiger partial charge in [0.05, 0.1) is 0 Å². The second-order valence-corrected chi connectivity index (χ2v) is 5.81. The van der Waals surface area contributed by atoms with E-state index in [4.69, 9.17) is 9.26 Å². The first-order valence-electron chi connectivity index (χ1n) is 7.92. The molecule has 0 fully saturated rings. The summed E-state index contributed by atoms with van der Waals surface area (Å²) >= 11 is 0. The molecular formula is C19H19N3O3. The first-order valence-corrected chi connectivity index (χ1v) is 7.92. The van der Waals surface area contributed by atoms with Crippen molar-refractivity contribution in [1.82, 2.24) is 10.1 Å². The smallest absolute Gasteiger partial charge is 0.262 e. The molecule has 0 aliphatic heterocycles. The molecule has 0 saturated heterocycles. The molecular weight excluding hydrogens is 318 g/mol. The predicted molar refractivity (Wildman–Crippen MR) is 94.5 cm³/mol. The normalized spacial score (nSPS) is 10.5. The van der Waals surface area contributed by atoms with Crippen molar-refractivity contribution in [2.75, 3.05) is 11.9 Å². The summed E-state index contributed by atoms with van der Waals surface area (Å²) in [6.45, 7) is 5.71. The maximum Gasteiger partial charge on any atom is 0.262 e. The summed E-state index contributed by atoms with van der Waals surface area (Å²) < 4.78 is 10.7. The Labute approximate surface area is 145 Å². The first-order chi connectivity index (χ1) is 12.0. The molecule has 3 aromatic rings. The van der Waals surface area contributed by atoms with E-state index >= 15 is 0 Å². The number of nitrogens with zero attached hydrogens (tertiary/aromatic N) is 2. The van der Waals surface area contributed by atoms with Crippen LogP contribution in [-0.2, 0) is 4.79 Å². The average molecular weight is 337 g/mol. The van der Waals surface area contributed by atoms with Gasteiger partial charge in [0.2, 0.25) is 0 Å². The van der Waals surface area contributed by atoms with Gasteiger partial charge < -0.3 is 14.6 Å². The molecule has 0 unspecified atom stereocenters. The van der Waals surface area contributed by atoms with Gasteiger partial charge in [0, 0.05) is 11.3 Å². The van der Waals surface area contributed by atoms with Crippen LogP contribution in [0.15, 0.2) is 47.0 Å². The number of rotatable bonds is 5. The minimum Gasteiger partial charge on any atom is -0.484 e. The Bertz CT molecular complexity index is 902. The number of aryl methyl sites for hydroxylation is 3. The molecule has 128 valence electrons. The second kappa shape index (κ2) is 7.17. The van der Waals surface area contributed by atoms with Gasteiger partial charge in [0.15, 0.2) is 12.4 Å². The van der Waals surface area contributed by atoms with Crippen molar-refractivity contribution in [1.29, 1.82) is 0 Å². The van der Waals surface area contributed by atoms with Crippen molar-refractivity contribution >= 4 is 11.6 Å². The quantitative estimate of drug-likeness (QED) is 0.768. The van der Waals surface area contributed by atoms with Crippen LogP contribution >= 0.6 is 0 Å². The van der Waals surface area contributed by atoms with Crippen molar-refractivity contribution in [3.63, 3.8) is 0 Å². The summed E-state index contributed by atoms with van der Waals surface area (Å²) in [5.74, 6) is 1.32. The Balaban J connectivity index is 1.61. The van der Waals surface area contributed by atoms with E-state index in [2.05, 4.69) is 15.5 Å². The fraction of sp³-hybridized carbons (Fsp3) is 0.211. The molecule has 1 aromatic heterocycles. The van der Waals surface area contributed by atoms with Gasteiger partial charge in [0.1, 0.15) is 5.75 Å². The molecule has 0 aliphatic carbocycles. The Kier molecular flexibility index (Phi) is 4.79. The Morgan fingerprint density at radius 1 is 1.12 bits per heavy atom. The Hall–Kier alpha value is -3.15. The number of carbonyl (C=O) groups excluding carboxylic acids is 1. The van der Waals surface area contributed by atoms with Gasteiger partial charge in [-0.3, -0.25) is 4.79 Å². The minimum absolute atomic E-state index is 0.0841. The molecule has 6 heteroatoms. The lowest BCUT2D eigenvalue weighted by Crippen LogP contribution is -2.20. The molecule has 0 spiro atoms. The van der Waals surface area contributed by atoms with Gasteiger partial charge in [-0.15, -0.1) is 0 Å². The van der Waals surface area contributed by atoms with Crippen molar-refractivity contribution in [2.24, 2.45) is 0 Å². The number of ether oxygens (including phenoxy) is 1. The number of carbonyl (C=O) groups is 1. The molecule has 1 N–H and O–H groups in total. The van der Waals surface area contributed by atoms with Crippen LogP contribution in [0.25, 0.3) is 11.5 Å². The molecule has 1 heterocycles. The summed E-state index contributed by atoms with van der Waals surface area (Å²) in [5, 5.41) is 6.59. The summed E-state index contributed by atoms with van der Waals surface area (Å²) in [7, 11) is 0. The van der Waals surface area contributed by atoms with E-state index in [1.54, 1.807) is 19.1 Å². The molecule has 0 radical (unpaired) electrons. The zero-order chi connectivity index (χ0) is 17.8. The third-order valence-electron chi connectivity index (χ3n) is 3.77. The Morgan fingerprint density at radius 3 is 2.68 bits per heavy atom. The lowest BCUT2D eigenvalue weighted by atomic mass is 10.1. The van der Waals surface area contributed by atoms with Gasteiger partial charge in [-0.05, 0) is 62.2 Å². The van der Waals surface area contributed by atoms with Crippen LogP contribution in [0.4, 0.5) is 5.69 Å². The highest BCUT2D eigenvalue weighted by atomic mass is 16.5. The van der Waals surface area contributed by atoms with E-state index in [0.717, 1.165) is 16.8 Å². The fourth-order valence-electron chi connectivity index (χ4n) is 2.30. The SMILES string of the molecule is Cc1noc(-c2cccc(OCC(=O)Nc3ccc(C)c(C)c3)c2)n1. The second-order valence-electron chi connectivity index (χ2n) is 5.81. The van der Waals surface area contributed by atoms with Gasteiger partial charge in [-0.2, -0.15) is 4.98 Å². The topological polar surface area (TPSA) is 77.2 Å². The van der Waals surface area contributed by atoms with Crippen LogP contribution in [0.2, 0.25) is 0 Å². The predicted octanol–water partition coefficient (Wildman–Crippen LogP) is 3.68. The number of nitrogens with one attached hydrogen (secondary N) is 1. The average Bonchev–Trinajstić information content (AvgIpc) is 3.03. The molecule has 0 bridgehead atoms. The maximum absolute atomic E-state index is 12.1. The largest absolute Gasteiger partial charge is 0.484 e. The fourth-order valence-corrected chi connectivity index (χ4v) is 2.30. The lowest BCUT2D eigenvalue weighted by Gasteiger charge is -2.09. The molecule has 25 heavy (non-hydrogen) atoms. The van der Waals surface area contributed by atoms with Crippen LogP contribution < -0.4 is 10.1 Å². The molecule has 6 nitrogen and oxygen atoms in total. The lowest BCUT2D eigenvalue weighted by molar-refractivity contribution is -0.118. The van der Waals surface area contributed by atoms with Crippen LogP contribution in [0.5, 0.6) is 5.75 Å². The highest BCUT2D eigenvalue weighted by Crippen LogP contribution is 2.22. The van der Waals surface area contributed by atoms with Crippen molar-refractivity contribution < 1.29 is 14.1 Å². The van der Waals surface area contributed by atoms with Gasteiger partial charge in [-0.25, -0.2) is 0 Å². The Morgan fingerprint density at radius 2 is 1.96 bits per heavy atom. The third kappa shape index (κ3) is 4.23. The zero-order valence-electron chi connectivity index (χ0n) is 14.4. The van der Waals surface area contributed by atoms with Crippen LogP contribution in [0, 0.1) is 20.8 Å². The number of aromatic nitrogens is 2. The summed E-state index contributed by atoms with van der Waals surface area (Å²) in [6.07, 6.45) is 0. The summed E-state index contributed by atoms with van der Waals surface area (Å²) in [5.41, 5.74) is 3.81. The van der Waals surface area contributed by atoms with Crippen molar-refractivity contribution in [2.45, 2.75) is 20.8 Å². The summed E-state index contributed by atoms with van der Waals surface area (Å²) in [6, 6.07) is 13.0. The third-order valence-corrected chi connectivity index (χ3v) is 3.77. The van der Waals surface area contributed by atoms with Crippen LogP contribution in [0.3, 0.4) is 0 Å². The van der Waals surface area contributed by atoms with E-state index in [-0.39, 0.29) is 12.5 Å². The van der Waals surface area contributed by atoms with E-state index in [9.17, 15) is 4.79 Å². The molecule has 0 atom stereocenters. The van der Waals surface area contributed by atoms with E-state index in [0.29, 0.717) is 17.5 Å². The van der Waals surface area contributed by atoms with Crippen LogP contribution in [-0.4, -0.2) is 22.7 Å². The zero-order valence-corrected chi connectivity index (χ0v) is 14.4. The number of amides is 1. The van der Waals surface area contributed by atoms with Gasteiger partial charge >= 0.3 is 0 Å². The van der Waals surface area contributed by atoms with Gasteiger partial charge in [0.25, 0.3) is 11.8 Å². The van der Waals surface area contributed by atoms with E-state index in [1.165, 1.54) is 5.56 Å². The standard InChI is InChI=1S/C19H19N3O3/c1-12-7-8-16(9-13(12)2)21-18(23)11-24-17-6-4-5-15(10-17)19-20-14(3)22-25-19/h4-10H,11H2,1-3H3,(H,21,23). The number of hydrogen-bond donors (Lipinski definition) is 1.